The number of ketones is 1. The lowest BCUT2D eigenvalue weighted by atomic mass is 9.81. The highest BCUT2D eigenvalue weighted by atomic mass is 79.9. The molecule has 0 radical (unpaired) electrons. The van der Waals surface area contributed by atoms with Gasteiger partial charge in [-0.1, -0.05) is 13.8 Å². The van der Waals surface area contributed by atoms with Crippen LogP contribution in [-0.2, 0) is 6.54 Å². The predicted octanol–water partition coefficient (Wildman–Crippen LogP) is 1.76. The fourth-order valence-corrected chi connectivity index (χ4v) is 2.21. The van der Waals surface area contributed by atoms with Crippen molar-refractivity contribution >= 4 is 21.7 Å². The Morgan fingerprint density at radius 3 is 2.68 bits per heavy atom. The minimum absolute atomic E-state index is 0.0561. The molecular weight excluding hydrogens is 308 g/mol. The number of nitrogens with zero attached hydrogens (tertiary/aromatic N) is 3. The van der Waals surface area contributed by atoms with Crippen LogP contribution < -0.4 is 5.73 Å². The van der Waals surface area contributed by atoms with E-state index in [0.29, 0.717) is 25.2 Å². The van der Waals surface area contributed by atoms with Crippen LogP contribution in [-0.4, -0.2) is 47.6 Å². The first-order chi connectivity index (χ1) is 8.85. The van der Waals surface area contributed by atoms with Crippen molar-refractivity contribution in [2.75, 3.05) is 27.2 Å². The molecule has 0 aliphatic carbocycles. The molecule has 0 spiro atoms. The standard InChI is InChI=1S/C13H23BrN4O/c1-5-13(2,9-15)12(19)11-10(14)8-16-18(11)7-6-17(3)4/h8H,5-7,9,15H2,1-4H3. The fraction of sp³-hybridized carbons (Fsp3) is 0.692. The van der Waals surface area contributed by atoms with Gasteiger partial charge < -0.3 is 10.6 Å². The molecule has 2 N–H and O–H groups in total. The van der Waals surface area contributed by atoms with Gasteiger partial charge in [0.05, 0.1) is 17.2 Å². The Morgan fingerprint density at radius 2 is 2.21 bits per heavy atom. The van der Waals surface area contributed by atoms with Crippen LogP contribution in [0, 0.1) is 5.41 Å². The average Bonchev–Trinajstić information content (AvgIpc) is 2.75. The summed E-state index contributed by atoms with van der Waals surface area (Å²) in [5.74, 6) is 0.0561. The lowest BCUT2D eigenvalue weighted by Gasteiger charge is -2.25. The molecular formula is C13H23BrN4O. The normalized spacial score (nSPS) is 14.7. The monoisotopic (exact) mass is 330 g/mol. The number of rotatable bonds is 7. The van der Waals surface area contributed by atoms with Gasteiger partial charge >= 0.3 is 0 Å². The highest BCUT2D eigenvalue weighted by Gasteiger charge is 2.34. The van der Waals surface area contributed by atoms with E-state index in [1.54, 1.807) is 10.9 Å². The van der Waals surface area contributed by atoms with Gasteiger partial charge in [0, 0.05) is 18.5 Å². The third-order valence-corrected chi connectivity index (χ3v) is 4.13. The molecule has 6 heteroatoms. The molecule has 1 rings (SSSR count). The third-order valence-electron chi connectivity index (χ3n) is 3.55. The summed E-state index contributed by atoms with van der Waals surface area (Å²) in [6.07, 6.45) is 2.39. The van der Waals surface area contributed by atoms with Gasteiger partial charge in [-0.25, -0.2) is 0 Å². The lowest BCUT2D eigenvalue weighted by Crippen LogP contribution is -2.37. The smallest absolute Gasteiger partial charge is 0.189 e. The summed E-state index contributed by atoms with van der Waals surface area (Å²) >= 11 is 3.42. The highest BCUT2D eigenvalue weighted by molar-refractivity contribution is 9.10. The van der Waals surface area contributed by atoms with Gasteiger partial charge in [-0.2, -0.15) is 5.10 Å². The Morgan fingerprint density at radius 1 is 1.58 bits per heavy atom. The van der Waals surface area contributed by atoms with Crippen LogP contribution in [0.2, 0.25) is 0 Å². The Kier molecular flexibility index (Phi) is 5.70. The summed E-state index contributed by atoms with van der Waals surface area (Å²) in [6.45, 7) is 5.75. The Balaban J connectivity index is 3.05. The molecule has 108 valence electrons. The molecule has 1 heterocycles. The first-order valence-electron chi connectivity index (χ1n) is 6.46. The molecule has 0 amide bonds. The highest BCUT2D eigenvalue weighted by Crippen LogP contribution is 2.29. The number of carbonyl (C=O) groups excluding carboxylic acids is 1. The zero-order valence-electron chi connectivity index (χ0n) is 12.1. The Hall–Kier alpha value is -0.720. The average molecular weight is 331 g/mol. The SMILES string of the molecule is CCC(C)(CN)C(=O)c1c(Br)cnn1CCN(C)C. The van der Waals surface area contributed by atoms with Crippen molar-refractivity contribution in [1.29, 1.82) is 0 Å². The summed E-state index contributed by atoms with van der Waals surface area (Å²) in [5, 5.41) is 4.27. The number of aromatic nitrogens is 2. The summed E-state index contributed by atoms with van der Waals surface area (Å²) in [4.78, 5) is 14.8. The summed E-state index contributed by atoms with van der Waals surface area (Å²) in [7, 11) is 3.99. The lowest BCUT2D eigenvalue weighted by molar-refractivity contribution is 0.0806. The maximum atomic E-state index is 12.7. The minimum Gasteiger partial charge on any atom is -0.329 e. The third kappa shape index (κ3) is 3.64. The minimum atomic E-state index is -0.529. The van der Waals surface area contributed by atoms with Crippen molar-refractivity contribution in [2.24, 2.45) is 11.1 Å². The molecule has 1 unspecified atom stereocenters. The number of Topliss-reactive ketones (excluding diaryl/α,β-unsaturated/α-hetero) is 1. The molecule has 0 fully saturated rings. The van der Waals surface area contributed by atoms with Gasteiger partial charge in [0.25, 0.3) is 0 Å². The van der Waals surface area contributed by atoms with Crippen LogP contribution >= 0.6 is 15.9 Å². The van der Waals surface area contributed by atoms with E-state index >= 15 is 0 Å². The number of hydrogen-bond donors (Lipinski definition) is 1. The van der Waals surface area contributed by atoms with Crippen LogP contribution in [0.5, 0.6) is 0 Å². The summed E-state index contributed by atoms with van der Waals surface area (Å²) in [5.41, 5.74) is 5.87. The number of carbonyl (C=O) groups is 1. The molecule has 0 saturated heterocycles. The molecule has 5 nitrogen and oxygen atoms in total. The maximum Gasteiger partial charge on any atom is 0.189 e. The van der Waals surface area contributed by atoms with Crippen LogP contribution in [0.4, 0.5) is 0 Å². The van der Waals surface area contributed by atoms with E-state index in [9.17, 15) is 4.79 Å². The van der Waals surface area contributed by atoms with Gasteiger partial charge in [0.2, 0.25) is 0 Å². The topological polar surface area (TPSA) is 64.2 Å². The number of hydrogen-bond acceptors (Lipinski definition) is 4. The van der Waals surface area contributed by atoms with Crippen molar-refractivity contribution < 1.29 is 4.79 Å². The van der Waals surface area contributed by atoms with E-state index < -0.39 is 5.41 Å². The quantitative estimate of drug-likeness (QED) is 0.774. The molecule has 1 aromatic rings. The zero-order valence-corrected chi connectivity index (χ0v) is 13.7. The maximum absolute atomic E-state index is 12.7. The second kappa shape index (κ2) is 6.63. The predicted molar refractivity (Wildman–Crippen MR) is 80.3 cm³/mol. The van der Waals surface area contributed by atoms with Crippen LogP contribution in [0.15, 0.2) is 10.7 Å². The molecule has 0 aliphatic rings. The van der Waals surface area contributed by atoms with E-state index in [1.807, 2.05) is 27.9 Å². The van der Waals surface area contributed by atoms with Crippen molar-refractivity contribution in [3.63, 3.8) is 0 Å². The van der Waals surface area contributed by atoms with Gasteiger partial charge in [-0.15, -0.1) is 0 Å². The van der Waals surface area contributed by atoms with Crippen molar-refractivity contribution in [3.05, 3.63) is 16.4 Å². The molecule has 0 saturated carbocycles. The molecule has 0 bridgehead atoms. The van der Waals surface area contributed by atoms with Gasteiger partial charge in [0.15, 0.2) is 5.78 Å². The van der Waals surface area contributed by atoms with E-state index in [-0.39, 0.29) is 5.78 Å². The largest absolute Gasteiger partial charge is 0.329 e. The van der Waals surface area contributed by atoms with Crippen molar-refractivity contribution in [3.8, 4) is 0 Å². The van der Waals surface area contributed by atoms with Crippen LogP contribution in [0.3, 0.4) is 0 Å². The zero-order chi connectivity index (χ0) is 14.6. The van der Waals surface area contributed by atoms with E-state index in [4.69, 9.17) is 5.73 Å². The van der Waals surface area contributed by atoms with Crippen molar-refractivity contribution in [1.82, 2.24) is 14.7 Å². The molecule has 19 heavy (non-hydrogen) atoms. The van der Waals surface area contributed by atoms with E-state index in [2.05, 4.69) is 25.9 Å². The molecule has 0 aliphatic heterocycles. The number of likely N-dealkylation sites (N-methyl/N-ethyl adjacent to an activating group) is 1. The molecule has 1 aromatic heterocycles. The van der Waals surface area contributed by atoms with Gasteiger partial charge in [-0.05, 0) is 36.4 Å². The van der Waals surface area contributed by atoms with Crippen molar-refractivity contribution in [2.45, 2.75) is 26.8 Å². The summed E-state index contributed by atoms with van der Waals surface area (Å²) < 4.78 is 2.50. The van der Waals surface area contributed by atoms with Gasteiger partial charge in [-0.3, -0.25) is 9.48 Å². The Labute approximate surface area is 123 Å². The summed E-state index contributed by atoms with van der Waals surface area (Å²) in [6, 6.07) is 0. The first kappa shape index (κ1) is 16.3. The number of nitrogens with two attached hydrogens (primary N) is 1. The fourth-order valence-electron chi connectivity index (χ4n) is 1.74. The van der Waals surface area contributed by atoms with Crippen LogP contribution in [0.25, 0.3) is 0 Å². The molecule has 1 atom stereocenters. The van der Waals surface area contributed by atoms with Crippen LogP contribution in [0.1, 0.15) is 30.8 Å². The molecule has 0 aromatic carbocycles. The second-order valence-electron chi connectivity index (χ2n) is 5.31. The first-order valence-corrected chi connectivity index (χ1v) is 7.26. The number of halogens is 1. The van der Waals surface area contributed by atoms with E-state index in [0.717, 1.165) is 11.0 Å². The van der Waals surface area contributed by atoms with E-state index in [1.165, 1.54) is 0 Å². The second-order valence-corrected chi connectivity index (χ2v) is 6.17. The van der Waals surface area contributed by atoms with Gasteiger partial charge in [0.1, 0.15) is 5.69 Å². The Bertz CT molecular complexity index is 438.